The third kappa shape index (κ3) is 3.89. The lowest BCUT2D eigenvalue weighted by Gasteiger charge is -2.18. The van der Waals surface area contributed by atoms with Gasteiger partial charge in [0.2, 0.25) is 0 Å². The summed E-state index contributed by atoms with van der Waals surface area (Å²) < 4.78 is 2.12. The molecule has 1 unspecified atom stereocenters. The van der Waals surface area contributed by atoms with Gasteiger partial charge in [-0.2, -0.15) is 0 Å². The number of hydrogen-bond donors (Lipinski definition) is 0. The molecule has 0 saturated heterocycles. The third-order valence-corrected chi connectivity index (χ3v) is 5.66. The molecule has 0 fully saturated rings. The van der Waals surface area contributed by atoms with Gasteiger partial charge in [-0.1, -0.05) is 54.1 Å². The Bertz CT molecular complexity index is 965. The number of rotatable bonds is 5. The minimum atomic E-state index is 0.285. The van der Waals surface area contributed by atoms with Crippen LogP contribution in [0.15, 0.2) is 90.3 Å². The van der Waals surface area contributed by atoms with Crippen molar-refractivity contribution in [1.29, 1.82) is 0 Å². The van der Waals surface area contributed by atoms with E-state index in [4.69, 9.17) is 11.6 Å². The fourth-order valence-electron chi connectivity index (χ4n) is 2.88. The van der Waals surface area contributed by atoms with Gasteiger partial charge in [0, 0.05) is 28.9 Å². The highest BCUT2D eigenvalue weighted by Crippen LogP contribution is 2.38. The van der Waals surface area contributed by atoms with Gasteiger partial charge >= 0.3 is 0 Å². The number of halogens is 1. The van der Waals surface area contributed by atoms with Gasteiger partial charge in [0.25, 0.3) is 0 Å². The van der Waals surface area contributed by atoms with Crippen molar-refractivity contribution in [1.82, 2.24) is 9.55 Å². The Morgan fingerprint density at radius 3 is 2.52 bits per heavy atom. The van der Waals surface area contributed by atoms with E-state index in [1.165, 1.54) is 21.2 Å². The zero-order valence-electron chi connectivity index (χ0n) is 13.5. The van der Waals surface area contributed by atoms with Gasteiger partial charge in [0.1, 0.15) is 0 Å². The fourth-order valence-corrected chi connectivity index (χ4v) is 4.22. The quantitative estimate of drug-likeness (QED) is 0.391. The molecule has 1 atom stereocenters. The average Bonchev–Trinajstić information content (AvgIpc) is 3.15. The second-order valence-electron chi connectivity index (χ2n) is 5.93. The molecule has 0 saturated carbocycles. The summed E-state index contributed by atoms with van der Waals surface area (Å²) in [5.74, 6) is 0. The van der Waals surface area contributed by atoms with E-state index >= 15 is 0 Å². The molecule has 124 valence electrons. The van der Waals surface area contributed by atoms with Crippen molar-refractivity contribution in [3.8, 4) is 0 Å². The first kappa shape index (κ1) is 16.2. The normalized spacial score (nSPS) is 12.4. The lowest BCUT2D eigenvalue weighted by molar-refractivity contribution is 0.683. The zero-order chi connectivity index (χ0) is 17.1. The highest BCUT2D eigenvalue weighted by atomic mass is 35.5. The first-order valence-electron chi connectivity index (χ1n) is 8.14. The van der Waals surface area contributed by atoms with Gasteiger partial charge in [0.15, 0.2) is 0 Å². The van der Waals surface area contributed by atoms with E-state index in [2.05, 4.69) is 64.1 Å². The maximum absolute atomic E-state index is 6.06. The van der Waals surface area contributed by atoms with Gasteiger partial charge in [-0.3, -0.25) is 0 Å². The molecule has 4 aromatic rings. The van der Waals surface area contributed by atoms with E-state index in [-0.39, 0.29) is 5.25 Å². The molecule has 1 aromatic heterocycles. The van der Waals surface area contributed by atoms with Crippen LogP contribution in [0.1, 0.15) is 10.8 Å². The smallest absolute Gasteiger partial charge is 0.0946 e. The Morgan fingerprint density at radius 2 is 1.76 bits per heavy atom. The van der Waals surface area contributed by atoms with Crippen LogP contribution in [0.4, 0.5) is 0 Å². The van der Waals surface area contributed by atoms with Gasteiger partial charge in [-0.15, -0.1) is 11.8 Å². The van der Waals surface area contributed by atoms with Gasteiger partial charge < -0.3 is 4.57 Å². The molecule has 25 heavy (non-hydrogen) atoms. The number of aromatic nitrogens is 2. The van der Waals surface area contributed by atoms with Crippen LogP contribution >= 0.6 is 23.4 Å². The molecule has 0 spiro atoms. The SMILES string of the molecule is Clc1ccc(C(Cn2ccnc2)Sc2ccc3ccccc3c2)cc1. The van der Waals surface area contributed by atoms with Crippen molar-refractivity contribution in [2.45, 2.75) is 16.7 Å². The maximum atomic E-state index is 6.06. The zero-order valence-corrected chi connectivity index (χ0v) is 15.1. The van der Waals surface area contributed by atoms with Gasteiger partial charge in [-0.05, 0) is 40.6 Å². The topological polar surface area (TPSA) is 17.8 Å². The Morgan fingerprint density at radius 1 is 0.960 bits per heavy atom. The lowest BCUT2D eigenvalue weighted by Crippen LogP contribution is -2.04. The third-order valence-electron chi connectivity index (χ3n) is 4.18. The molecule has 0 N–H and O–H groups in total. The summed E-state index contributed by atoms with van der Waals surface area (Å²) in [6, 6.07) is 23.2. The van der Waals surface area contributed by atoms with E-state index in [1.54, 1.807) is 0 Å². The first-order valence-corrected chi connectivity index (χ1v) is 9.40. The second-order valence-corrected chi connectivity index (χ2v) is 7.64. The predicted molar refractivity (Wildman–Crippen MR) is 106 cm³/mol. The summed E-state index contributed by atoms with van der Waals surface area (Å²) in [6.07, 6.45) is 5.69. The minimum absolute atomic E-state index is 0.285. The molecule has 0 aliphatic heterocycles. The van der Waals surface area contributed by atoms with Crippen LogP contribution in [-0.2, 0) is 6.54 Å². The van der Waals surface area contributed by atoms with Crippen molar-refractivity contribution in [3.63, 3.8) is 0 Å². The number of thioether (sulfide) groups is 1. The molecule has 0 aliphatic rings. The van der Waals surface area contributed by atoms with Gasteiger partial charge in [-0.25, -0.2) is 4.98 Å². The molecule has 0 bridgehead atoms. The minimum Gasteiger partial charge on any atom is -0.336 e. The second kappa shape index (κ2) is 7.34. The summed E-state index contributed by atoms with van der Waals surface area (Å²) >= 11 is 7.93. The summed E-state index contributed by atoms with van der Waals surface area (Å²) in [6.45, 7) is 0.860. The number of hydrogen-bond acceptors (Lipinski definition) is 2. The van der Waals surface area contributed by atoms with Gasteiger partial charge in [0.05, 0.1) is 11.6 Å². The van der Waals surface area contributed by atoms with Crippen LogP contribution in [0.25, 0.3) is 10.8 Å². The first-order chi connectivity index (χ1) is 12.3. The highest BCUT2D eigenvalue weighted by molar-refractivity contribution is 7.99. The van der Waals surface area contributed by atoms with E-state index in [9.17, 15) is 0 Å². The summed E-state index contributed by atoms with van der Waals surface area (Å²) in [5.41, 5.74) is 1.26. The predicted octanol–water partition coefficient (Wildman–Crippen LogP) is 6.22. The monoisotopic (exact) mass is 364 g/mol. The lowest BCUT2D eigenvalue weighted by atomic mass is 10.1. The molecule has 1 heterocycles. The van der Waals surface area contributed by atoms with E-state index < -0.39 is 0 Å². The largest absolute Gasteiger partial charge is 0.336 e. The molecule has 2 nitrogen and oxygen atoms in total. The molecule has 4 rings (SSSR count). The molecular formula is C21H17ClN2S. The van der Waals surface area contributed by atoms with Crippen LogP contribution in [0, 0.1) is 0 Å². The van der Waals surface area contributed by atoms with Crippen LogP contribution in [0.5, 0.6) is 0 Å². The van der Waals surface area contributed by atoms with Crippen molar-refractivity contribution in [2.75, 3.05) is 0 Å². The highest BCUT2D eigenvalue weighted by Gasteiger charge is 2.14. The van der Waals surface area contributed by atoms with Crippen molar-refractivity contribution in [2.24, 2.45) is 0 Å². The summed E-state index contributed by atoms with van der Waals surface area (Å²) in [4.78, 5) is 5.43. The molecule has 4 heteroatoms. The summed E-state index contributed by atoms with van der Waals surface area (Å²) in [7, 11) is 0. The van der Waals surface area contributed by atoms with E-state index in [0.717, 1.165) is 11.6 Å². The Balaban J connectivity index is 1.65. The van der Waals surface area contributed by atoms with E-state index in [1.807, 2.05) is 42.6 Å². The molecular weight excluding hydrogens is 348 g/mol. The number of imidazole rings is 1. The Hall–Kier alpha value is -2.23. The number of nitrogens with zero attached hydrogens (tertiary/aromatic N) is 2. The van der Waals surface area contributed by atoms with Crippen molar-refractivity contribution in [3.05, 3.63) is 96.0 Å². The van der Waals surface area contributed by atoms with Crippen molar-refractivity contribution >= 4 is 34.1 Å². The Kier molecular flexibility index (Phi) is 4.77. The van der Waals surface area contributed by atoms with Crippen LogP contribution in [0.3, 0.4) is 0 Å². The maximum Gasteiger partial charge on any atom is 0.0946 e. The fraction of sp³-hybridized carbons (Fsp3) is 0.0952. The van der Waals surface area contributed by atoms with E-state index in [0.29, 0.717) is 0 Å². The summed E-state index contributed by atoms with van der Waals surface area (Å²) in [5, 5.41) is 3.59. The standard InChI is InChI=1S/C21H17ClN2S/c22-19-8-5-17(6-9-19)21(14-24-12-11-23-15-24)25-20-10-7-16-3-1-2-4-18(16)13-20/h1-13,15,21H,14H2. The van der Waals surface area contributed by atoms with Crippen LogP contribution in [-0.4, -0.2) is 9.55 Å². The molecule has 0 amide bonds. The average molecular weight is 365 g/mol. The number of benzene rings is 3. The van der Waals surface area contributed by atoms with Crippen LogP contribution in [0.2, 0.25) is 5.02 Å². The molecule has 3 aromatic carbocycles. The van der Waals surface area contributed by atoms with Crippen molar-refractivity contribution < 1.29 is 0 Å². The molecule has 0 radical (unpaired) electrons. The Labute approximate surface area is 156 Å². The number of fused-ring (bicyclic) bond motifs is 1. The van der Waals surface area contributed by atoms with Crippen LogP contribution < -0.4 is 0 Å². The molecule has 0 aliphatic carbocycles.